The summed E-state index contributed by atoms with van der Waals surface area (Å²) < 4.78 is 11.0. The molecule has 0 aromatic carbocycles. The van der Waals surface area contributed by atoms with Crippen molar-refractivity contribution in [2.75, 3.05) is 26.9 Å². The summed E-state index contributed by atoms with van der Waals surface area (Å²) in [6.45, 7) is 2.53. The van der Waals surface area contributed by atoms with Crippen LogP contribution in [0.2, 0.25) is 0 Å². The van der Waals surface area contributed by atoms with Crippen molar-refractivity contribution < 1.29 is 9.47 Å². The molecule has 2 N–H and O–H groups in total. The molecule has 0 radical (unpaired) electrons. The molecule has 0 aromatic heterocycles. The van der Waals surface area contributed by atoms with E-state index < -0.39 is 0 Å². The van der Waals surface area contributed by atoms with Crippen molar-refractivity contribution >= 4 is 0 Å². The summed E-state index contributed by atoms with van der Waals surface area (Å²) >= 11 is 0. The molecule has 0 spiro atoms. The van der Waals surface area contributed by atoms with Crippen LogP contribution in [-0.4, -0.2) is 33.0 Å². The van der Waals surface area contributed by atoms with E-state index >= 15 is 0 Å². The third kappa shape index (κ3) is 2.35. The predicted molar refractivity (Wildman–Crippen MR) is 59.7 cm³/mol. The molecular formula is C12H23NO2. The Morgan fingerprint density at radius 1 is 1.47 bits per heavy atom. The quantitative estimate of drug-likeness (QED) is 0.681. The Balaban J connectivity index is 1.92. The molecular weight excluding hydrogens is 190 g/mol. The average molecular weight is 213 g/mol. The summed E-state index contributed by atoms with van der Waals surface area (Å²) in [5.41, 5.74) is 6.25. The molecule has 88 valence electrons. The van der Waals surface area contributed by atoms with Crippen molar-refractivity contribution in [3.63, 3.8) is 0 Å². The van der Waals surface area contributed by atoms with Crippen molar-refractivity contribution in [2.24, 2.45) is 17.1 Å². The van der Waals surface area contributed by atoms with E-state index in [9.17, 15) is 0 Å². The van der Waals surface area contributed by atoms with E-state index in [4.69, 9.17) is 15.2 Å². The monoisotopic (exact) mass is 213 g/mol. The molecule has 0 aromatic rings. The second-order valence-corrected chi connectivity index (χ2v) is 5.04. The molecule has 3 nitrogen and oxygen atoms in total. The zero-order chi connectivity index (χ0) is 10.7. The molecule has 1 aliphatic carbocycles. The number of rotatable bonds is 6. The van der Waals surface area contributed by atoms with Crippen LogP contribution in [0.5, 0.6) is 0 Å². The Labute approximate surface area is 92.3 Å². The third-order valence-corrected chi connectivity index (χ3v) is 3.98. The van der Waals surface area contributed by atoms with Gasteiger partial charge in [0.1, 0.15) is 0 Å². The van der Waals surface area contributed by atoms with Gasteiger partial charge in [-0.25, -0.2) is 0 Å². The molecule has 3 heteroatoms. The molecule has 1 saturated heterocycles. The van der Waals surface area contributed by atoms with Crippen LogP contribution in [-0.2, 0) is 9.47 Å². The second kappa shape index (κ2) is 4.81. The van der Waals surface area contributed by atoms with Crippen LogP contribution in [0.25, 0.3) is 0 Å². The summed E-state index contributed by atoms with van der Waals surface area (Å²) in [5.74, 6) is 0.804. The van der Waals surface area contributed by atoms with E-state index in [0.29, 0.717) is 6.10 Å². The summed E-state index contributed by atoms with van der Waals surface area (Å²) in [4.78, 5) is 0. The van der Waals surface area contributed by atoms with Crippen molar-refractivity contribution in [2.45, 2.75) is 38.2 Å². The van der Waals surface area contributed by atoms with Crippen molar-refractivity contribution in [1.82, 2.24) is 0 Å². The second-order valence-electron chi connectivity index (χ2n) is 5.04. The lowest BCUT2D eigenvalue weighted by molar-refractivity contribution is 0.0263. The van der Waals surface area contributed by atoms with Crippen molar-refractivity contribution in [3.05, 3.63) is 0 Å². The average Bonchev–Trinajstić information content (AvgIpc) is 3.01. The number of hydrogen-bond donors (Lipinski definition) is 1. The number of nitrogens with two attached hydrogens (primary N) is 1. The molecule has 2 atom stereocenters. The smallest absolute Gasteiger partial charge is 0.0672 e. The minimum atomic E-state index is 0.264. The number of hydrogen-bond acceptors (Lipinski definition) is 3. The molecule has 1 saturated carbocycles. The SMILES string of the molecule is COCCCC1(CN)CCOC1C1CC1. The first-order chi connectivity index (χ1) is 7.32. The maximum atomic E-state index is 5.99. The largest absolute Gasteiger partial charge is 0.385 e. The predicted octanol–water partition coefficient (Wildman–Crippen LogP) is 1.56. The number of ether oxygens (including phenoxy) is 2. The van der Waals surface area contributed by atoms with E-state index in [1.807, 2.05) is 0 Å². The van der Waals surface area contributed by atoms with E-state index in [1.54, 1.807) is 7.11 Å². The summed E-state index contributed by atoms with van der Waals surface area (Å²) in [5, 5.41) is 0. The summed E-state index contributed by atoms with van der Waals surface area (Å²) in [6.07, 6.45) is 6.56. The lowest BCUT2D eigenvalue weighted by Gasteiger charge is -2.33. The first kappa shape index (κ1) is 11.4. The van der Waals surface area contributed by atoms with Crippen LogP contribution in [0.4, 0.5) is 0 Å². The van der Waals surface area contributed by atoms with Gasteiger partial charge in [0.2, 0.25) is 0 Å². The van der Waals surface area contributed by atoms with Crippen molar-refractivity contribution in [3.8, 4) is 0 Å². The van der Waals surface area contributed by atoms with E-state index in [0.717, 1.165) is 38.5 Å². The molecule has 1 heterocycles. The first-order valence-electron chi connectivity index (χ1n) is 6.13. The van der Waals surface area contributed by atoms with E-state index in [2.05, 4.69) is 0 Å². The van der Waals surface area contributed by atoms with Crippen LogP contribution in [0.3, 0.4) is 0 Å². The Kier molecular flexibility index (Phi) is 3.65. The van der Waals surface area contributed by atoms with E-state index in [1.165, 1.54) is 19.3 Å². The summed E-state index contributed by atoms with van der Waals surface area (Å²) in [7, 11) is 1.76. The van der Waals surface area contributed by atoms with Crippen LogP contribution in [0.15, 0.2) is 0 Å². The Hall–Kier alpha value is -0.120. The highest BCUT2D eigenvalue weighted by atomic mass is 16.5. The molecule has 2 unspecified atom stereocenters. The molecule has 1 aliphatic heterocycles. The van der Waals surface area contributed by atoms with Gasteiger partial charge in [-0.05, 0) is 38.0 Å². The van der Waals surface area contributed by atoms with Gasteiger partial charge < -0.3 is 15.2 Å². The van der Waals surface area contributed by atoms with Gasteiger partial charge in [-0.3, -0.25) is 0 Å². The topological polar surface area (TPSA) is 44.5 Å². The molecule has 2 rings (SSSR count). The number of methoxy groups -OCH3 is 1. The zero-order valence-electron chi connectivity index (χ0n) is 9.71. The molecule has 2 fully saturated rings. The minimum absolute atomic E-state index is 0.264. The fourth-order valence-corrected chi connectivity index (χ4v) is 2.90. The normalized spacial score (nSPS) is 36.0. The standard InChI is InChI=1S/C12H23NO2/c1-14-7-2-5-12(9-13)6-8-15-11(12)10-3-4-10/h10-11H,2-9,13H2,1H3. The fourth-order valence-electron chi connectivity index (χ4n) is 2.90. The van der Waals surface area contributed by atoms with Gasteiger partial charge in [0.05, 0.1) is 6.10 Å². The van der Waals surface area contributed by atoms with Crippen molar-refractivity contribution in [1.29, 1.82) is 0 Å². The maximum Gasteiger partial charge on any atom is 0.0672 e. The van der Waals surface area contributed by atoms with Gasteiger partial charge >= 0.3 is 0 Å². The van der Waals surface area contributed by atoms with Crippen LogP contribution in [0.1, 0.15) is 32.1 Å². The first-order valence-corrected chi connectivity index (χ1v) is 6.13. The van der Waals surface area contributed by atoms with Gasteiger partial charge in [-0.1, -0.05) is 0 Å². The Bertz CT molecular complexity index is 206. The van der Waals surface area contributed by atoms with Crippen LogP contribution in [0, 0.1) is 11.3 Å². The van der Waals surface area contributed by atoms with Crippen LogP contribution >= 0.6 is 0 Å². The molecule has 0 amide bonds. The van der Waals surface area contributed by atoms with Gasteiger partial charge in [0, 0.05) is 32.3 Å². The van der Waals surface area contributed by atoms with Gasteiger partial charge in [0.15, 0.2) is 0 Å². The lowest BCUT2D eigenvalue weighted by Crippen LogP contribution is -2.39. The van der Waals surface area contributed by atoms with Crippen LogP contribution < -0.4 is 5.73 Å². The highest BCUT2D eigenvalue weighted by Crippen LogP contribution is 2.49. The molecule has 0 bridgehead atoms. The minimum Gasteiger partial charge on any atom is -0.385 e. The van der Waals surface area contributed by atoms with Gasteiger partial charge in [-0.2, -0.15) is 0 Å². The van der Waals surface area contributed by atoms with Gasteiger partial charge in [-0.15, -0.1) is 0 Å². The zero-order valence-corrected chi connectivity index (χ0v) is 9.71. The van der Waals surface area contributed by atoms with E-state index in [-0.39, 0.29) is 5.41 Å². The highest BCUT2D eigenvalue weighted by Gasteiger charge is 2.49. The highest BCUT2D eigenvalue weighted by molar-refractivity contribution is 4.99. The third-order valence-electron chi connectivity index (χ3n) is 3.98. The fraction of sp³-hybridized carbons (Fsp3) is 1.00. The maximum absolute atomic E-state index is 5.99. The Morgan fingerprint density at radius 2 is 2.27 bits per heavy atom. The van der Waals surface area contributed by atoms with Gasteiger partial charge in [0.25, 0.3) is 0 Å². The molecule has 15 heavy (non-hydrogen) atoms. The summed E-state index contributed by atoms with van der Waals surface area (Å²) in [6, 6.07) is 0. The lowest BCUT2D eigenvalue weighted by atomic mass is 9.75. The Morgan fingerprint density at radius 3 is 2.87 bits per heavy atom. The molecule has 2 aliphatic rings.